The van der Waals surface area contributed by atoms with Gasteiger partial charge in [0.15, 0.2) is 0 Å². The Kier molecular flexibility index (Phi) is 2.46. The first-order valence-corrected chi connectivity index (χ1v) is 3.48. The normalized spacial score (nSPS) is 35.9. The predicted octanol–water partition coefficient (Wildman–Crippen LogP) is -2.85. The van der Waals surface area contributed by atoms with E-state index in [-0.39, 0.29) is 12.0 Å². The van der Waals surface area contributed by atoms with Crippen LogP contribution in [0.15, 0.2) is 11.6 Å². The third-order valence-electron chi connectivity index (χ3n) is 1.81. The number of carboxylic acid groups (broad SMARTS) is 1. The van der Waals surface area contributed by atoms with Gasteiger partial charge in [-0.15, -0.1) is 0 Å². The van der Waals surface area contributed by atoms with Crippen molar-refractivity contribution < 1.29 is 25.2 Å². The van der Waals surface area contributed by atoms with Crippen LogP contribution in [0.1, 0.15) is 6.42 Å². The molecule has 0 fully saturated rings. The van der Waals surface area contributed by atoms with Gasteiger partial charge in [0.25, 0.3) is 0 Å². The molecule has 0 aromatic carbocycles. The Balaban J connectivity index is 2.81. The summed E-state index contributed by atoms with van der Waals surface area (Å²) in [4.78, 5) is 10.3. The Morgan fingerprint density at radius 3 is 2.50 bits per heavy atom. The van der Waals surface area contributed by atoms with Gasteiger partial charge in [0, 0.05) is 6.42 Å². The number of aliphatic hydroxyl groups excluding tert-OH is 3. The van der Waals surface area contributed by atoms with E-state index in [0.717, 1.165) is 6.08 Å². The van der Waals surface area contributed by atoms with Crippen LogP contribution in [0, 0.1) is 0 Å². The maximum Gasteiger partial charge on any atom is 0.110 e. The van der Waals surface area contributed by atoms with Crippen molar-refractivity contribution in [2.45, 2.75) is 24.7 Å². The Labute approximate surface area is 68.6 Å². The summed E-state index contributed by atoms with van der Waals surface area (Å²) in [5, 5.41) is 37.3. The average molecular weight is 173 g/mol. The molecule has 3 atom stereocenters. The first kappa shape index (κ1) is 9.18. The fourth-order valence-corrected chi connectivity index (χ4v) is 1.10. The van der Waals surface area contributed by atoms with E-state index in [1.807, 2.05) is 0 Å². The van der Waals surface area contributed by atoms with Crippen molar-refractivity contribution in [2.24, 2.45) is 0 Å². The molecule has 0 aromatic rings. The zero-order chi connectivity index (χ0) is 9.30. The topological polar surface area (TPSA) is 101 Å². The zero-order valence-corrected chi connectivity index (χ0v) is 6.17. The second-order valence-corrected chi connectivity index (χ2v) is 2.73. The molecule has 1 aliphatic rings. The highest BCUT2D eigenvalue weighted by Crippen LogP contribution is 2.18. The lowest BCUT2D eigenvalue weighted by Crippen LogP contribution is -2.42. The third-order valence-corrected chi connectivity index (χ3v) is 1.81. The van der Waals surface area contributed by atoms with Crippen LogP contribution in [0.4, 0.5) is 0 Å². The fraction of sp³-hybridized carbons (Fsp3) is 0.571. The summed E-state index contributed by atoms with van der Waals surface area (Å²) in [5.41, 5.74) is -0.180. The fourth-order valence-electron chi connectivity index (χ4n) is 1.10. The third kappa shape index (κ3) is 1.63. The van der Waals surface area contributed by atoms with Gasteiger partial charge in [-0.25, -0.2) is 0 Å². The summed E-state index contributed by atoms with van der Waals surface area (Å²) >= 11 is 0. The molecule has 68 valence electrons. The number of hydrogen-bond acceptors (Lipinski definition) is 5. The highest BCUT2D eigenvalue weighted by Gasteiger charge is 2.29. The van der Waals surface area contributed by atoms with E-state index >= 15 is 0 Å². The van der Waals surface area contributed by atoms with Crippen molar-refractivity contribution in [1.82, 2.24) is 0 Å². The zero-order valence-electron chi connectivity index (χ0n) is 6.17. The van der Waals surface area contributed by atoms with Crippen LogP contribution in [-0.2, 0) is 4.79 Å². The molecule has 0 bridgehead atoms. The standard InChI is InChI=1S/C7H10O5/c8-4-1-3(7(11)12)2-5(9)6(4)10/h1,4-6,8-10H,2H2,(H,11,12)/p-1/t4-,5-,6+/m0/s1. The van der Waals surface area contributed by atoms with Crippen LogP contribution in [0.2, 0.25) is 0 Å². The van der Waals surface area contributed by atoms with Gasteiger partial charge in [0.05, 0.1) is 12.1 Å². The summed E-state index contributed by atoms with van der Waals surface area (Å²) in [6, 6.07) is 0. The van der Waals surface area contributed by atoms with Crippen molar-refractivity contribution in [3.8, 4) is 0 Å². The molecule has 0 aliphatic heterocycles. The van der Waals surface area contributed by atoms with Crippen molar-refractivity contribution in [3.05, 3.63) is 11.6 Å². The molecule has 0 saturated carbocycles. The van der Waals surface area contributed by atoms with Crippen LogP contribution >= 0.6 is 0 Å². The molecular weight excluding hydrogens is 164 g/mol. The predicted molar refractivity (Wildman–Crippen MR) is 35.7 cm³/mol. The van der Waals surface area contributed by atoms with E-state index in [2.05, 4.69) is 0 Å². The largest absolute Gasteiger partial charge is 0.545 e. The van der Waals surface area contributed by atoms with Gasteiger partial charge in [-0.3, -0.25) is 0 Å². The van der Waals surface area contributed by atoms with Crippen molar-refractivity contribution in [1.29, 1.82) is 0 Å². The number of aliphatic carboxylic acids is 1. The van der Waals surface area contributed by atoms with Gasteiger partial charge >= 0.3 is 0 Å². The summed E-state index contributed by atoms with van der Waals surface area (Å²) < 4.78 is 0. The molecule has 0 spiro atoms. The molecule has 12 heavy (non-hydrogen) atoms. The molecular formula is C7H9O5-. The molecule has 0 unspecified atom stereocenters. The van der Waals surface area contributed by atoms with Gasteiger partial charge in [0.2, 0.25) is 0 Å². The van der Waals surface area contributed by atoms with E-state index in [4.69, 9.17) is 15.3 Å². The van der Waals surface area contributed by atoms with E-state index < -0.39 is 24.3 Å². The molecule has 3 N–H and O–H groups in total. The lowest BCUT2D eigenvalue weighted by molar-refractivity contribution is -0.300. The molecule has 5 heteroatoms. The number of hydrogen-bond donors (Lipinski definition) is 3. The Hall–Kier alpha value is -0.910. The quantitative estimate of drug-likeness (QED) is 0.396. The Morgan fingerprint density at radius 2 is 2.08 bits per heavy atom. The van der Waals surface area contributed by atoms with Crippen molar-refractivity contribution in [2.75, 3.05) is 0 Å². The minimum absolute atomic E-state index is 0.180. The second-order valence-electron chi connectivity index (χ2n) is 2.73. The molecule has 0 radical (unpaired) electrons. The first-order chi connectivity index (χ1) is 5.52. The Morgan fingerprint density at radius 1 is 1.50 bits per heavy atom. The summed E-state index contributed by atoms with van der Waals surface area (Å²) in [5.74, 6) is -1.43. The SMILES string of the molecule is O=C([O-])C1=C[C@H](O)[C@@H](O)[C@@H](O)C1. The van der Waals surface area contributed by atoms with Crippen LogP contribution in [0.3, 0.4) is 0 Å². The second kappa shape index (κ2) is 3.22. The number of carbonyl (C=O) groups excluding carboxylic acids is 1. The summed E-state index contributed by atoms with van der Waals surface area (Å²) in [7, 11) is 0. The van der Waals surface area contributed by atoms with Gasteiger partial charge in [-0.2, -0.15) is 0 Å². The van der Waals surface area contributed by atoms with Crippen molar-refractivity contribution >= 4 is 5.97 Å². The molecule has 0 saturated heterocycles. The van der Waals surface area contributed by atoms with Crippen LogP contribution in [0.25, 0.3) is 0 Å². The molecule has 0 amide bonds. The van der Waals surface area contributed by atoms with Gasteiger partial charge in [-0.1, -0.05) is 0 Å². The smallest absolute Gasteiger partial charge is 0.110 e. The highest BCUT2D eigenvalue weighted by molar-refractivity contribution is 5.85. The van der Waals surface area contributed by atoms with E-state index in [1.54, 1.807) is 0 Å². The minimum Gasteiger partial charge on any atom is -0.545 e. The number of aliphatic hydroxyl groups is 3. The monoisotopic (exact) mass is 173 g/mol. The summed E-state index contributed by atoms with van der Waals surface area (Å²) in [6.45, 7) is 0. The van der Waals surface area contributed by atoms with E-state index in [0.29, 0.717) is 0 Å². The van der Waals surface area contributed by atoms with Gasteiger partial charge < -0.3 is 25.2 Å². The maximum atomic E-state index is 10.3. The lowest BCUT2D eigenvalue weighted by Gasteiger charge is -2.27. The average Bonchev–Trinajstić information content (AvgIpc) is 1.99. The number of carboxylic acids is 1. The van der Waals surface area contributed by atoms with Crippen LogP contribution in [-0.4, -0.2) is 39.6 Å². The van der Waals surface area contributed by atoms with Crippen molar-refractivity contribution in [3.63, 3.8) is 0 Å². The molecule has 1 rings (SSSR count). The van der Waals surface area contributed by atoms with E-state index in [9.17, 15) is 9.90 Å². The molecule has 1 aliphatic carbocycles. The first-order valence-electron chi connectivity index (χ1n) is 3.48. The minimum atomic E-state index is -1.43. The molecule has 0 aromatic heterocycles. The van der Waals surface area contributed by atoms with Crippen LogP contribution < -0.4 is 5.11 Å². The molecule has 5 nitrogen and oxygen atoms in total. The maximum absolute atomic E-state index is 10.3. The van der Waals surface area contributed by atoms with Crippen LogP contribution in [0.5, 0.6) is 0 Å². The Bertz CT molecular complexity index is 222. The van der Waals surface area contributed by atoms with E-state index in [1.165, 1.54) is 0 Å². The van der Waals surface area contributed by atoms with Gasteiger partial charge in [0.1, 0.15) is 12.2 Å². The molecule has 0 heterocycles. The lowest BCUT2D eigenvalue weighted by atomic mass is 9.92. The highest BCUT2D eigenvalue weighted by atomic mass is 16.4. The summed E-state index contributed by atoms with van der Waals surface area (Å²) in [6.07, 6.45) is -3.10. The number of carbonyl (C=O) groups is 1. The van der Waals surface area contributed by atoms with Gasteiger partial charge in [-0.05, 0) is 11.6 Å². The number of rotatable bonds is 1.